The molecule has 0 radical (unpaired) electrons. The van der Waals surface area contributed by atoms with E-state index in [2.05, 4.69) is 29.2 Å². The molecule has 0 aliphatic rings. The van der Waals surface area contributed by atoms with Gasteiger partial charge in [0, 0.05) is 18.2 Å². The molecule has 0 saturated carbocycles. The lowest BCUT2D eigenvalue weighted by atomic mass is 10.1. The van der Waals surface area contributed by atoms with Crippen LogP contribution in [0.25, 0.3) is 22.2 Å². The molecule has 0 saturated heterocycles. The van der Waals surface area contributed by atoms with Crippen molar-refractivity contribution >= 4 is 16.6 Å². The van der Waals surface area contributed by atoms with Crippen molar-refractivity contribution in [1.29, 1.82) is 0 Å². The van der Waals surface area contributed by atoms with Gasteiger partial charge in [-0.3, -0.25) is 0 Å². The molecule has 2 aromatic carbocycles. The molecule has 4 heteroatoms. The number of H-pyrrole nitrogens is 1. The van der Waals surface area contributed by atoms with Gasteiger partial charge < -0.3 is 20.2 Å². The van der Waals surface area contributed by atoms with E-state index in [0.29, 0.717) is 19.8 Å². The summed E-state index contributed by atoms with van der Waals surface area (Å²) in [5.41, 5.74) is 11.4. The highest BCUT2D eigenvalue weighted by molar-refractivity contribution is 5.94. The first-order valence-electron chi connectivity index (χ1n) is 7.81. The van der Waals surface area contributed by atoms with Crippen molar-refractivity contribution in [2.75, 3.05) is 32.7 Å². The highest BCUT2D eigenvalue weighted by atomic mass is 16.5. The first-order chi connectivity index (χ1) is 11.3. The highest BCUT2D eigenvalue weighted by Crippen LogP contribution is 2.28. The smallest absolute Gasteiger partial charge is 0.0700 e. The van der Waals surface area contributed by atoms with E-state index in [0.717, 1.165) is 34.3 Å². The van der Waals surface area contributed by atoms with E-state index in [1.54, 1.807) is 7.11 Å². The van der Waals surface area contributed by atoms with Gasteiger partial charge in [-0.2, -0.15) is 0 Å². The topological polar surface area (TPSA) is 60.3 Å². The summed E-state index contributed by atoms with van der Waals surface area (Å²) < 4.78 is 10.5. The molecule has 1 aromatic heterocycles. The average Bonchev–Trinajstić information content (AvgIpc) is 3.00. The zero-order valence-electron chi connectivity index (χ0n) is 13.3. The zero-order valence-corrected chi connectivity index (χ0v) is 13.3. The second kappa shape index (κ2) is 7.31. The van der Waals surface area contributed by atoms with Crippen molar-refractivity contribution in [1.82, 2.24) is 4.98 Å². The van der Waals surface area contributed by atoms with Gasteiger partial charge in [0.25, 0.3) is 0 Å². The highest BCUT2D eigenvalue weighted by Gasteiger charge is 2.07. The molecule has 23 heavy (non-hydrogen) atoms. The van der Waals surface area contributed by atoms with E-state index in [-0.39, 0.29) is 0 Å². The predicted molar refractivity (Wildman–Crippen MR) is 94.5 cm³/mol. The molecule has 120 valence electrons. The van der Waals surface area contributed by atoms with Gasteiger partial charge in [-0.1, -0.05) is 30.3 Å². The van der Waals surface area contributed by atoms with Crippen LogP contribution in [0, 0.1) is 0 Å². The standard InChI is InChI=1S/C19H22N2O2/c1-22-9-10-23-8-7-14-11-16-13-18(15-5-3-2-4-6-15)21-19(16)17(20)12-14/h2-6,11-13,21H,7-10,20H2,1H3. The summed E-state index contributed by atoms with van der Waals surface area (Å²) in [4.78, 5) is 3.42. The molecular formula is C19H22N2O2. The second-order valence-electron chi connectivity index (χ2n) is 5.55. The predicted octanol–water partition coefficient (Wildman–Crippen LogP) is 3.62. The summed E-state index contributed by atoms with van der Waals surface area (Å²) in [6, 6.07) is 16.6. The fraction of sp³-hybridized carbons (Fsp3) is 0.263. The SMILES string of the molecule is COCCOCCc1cc(N)c2[nH]c(-c3ccccc3)cc2c1. The lowest BCUT2D eigenvalue weighted by molar-refractivity contribution is 0.0722. The fourth-order valence-electron chi connectivity index (χ4n) is 2.69. The van der Waals surface area contributed by atoms with Crippen molar-refractivity contribution in [3.63, 3.8) is 0 Å². The van der Waals surface area contributed by atoms with Gasteiger partial charge in [0.2, 0.25) is 0 Å². The molecule has 0 atom stereocenters. The van der Waals surface area contributed by atoms with Crippen molar-refractivity contribution in [3.05, 3.63) is 54.1 Å². The molecule has 0 aliphatic heterocycles. The fourth-order valence-corrected chi connectivity index (χ4v) is 2.69. The summed E-state index contributed by atoms with van der Waals surface area (Å²) >= 11 is 0. The van der Waals surface area contributed by atoms with Gasteiger partial charge in [-0.15, -0.1) is 0 Å². The Kier molecular flexibility index (Phi) is 4.95. The maximum Gasteiger partial charge on any atom is 0.0700 e. The van der Waals surface area contributed by atoms with E-state index in [1.165, 1.54) is 5.56 Å². The second-order valence-corrected chi connectivity index (χ2v) is 5.55. The minimum absolute atomic E-state index is 0.622. The number of hydrogen-bond donors (Lipinski definition) is 2. The molecule has 3 aromatic rings. The van der Waals surface area contributed by atoms with Gasteiger partial charge >= 0.3 is 0 Å². The summed E-state index contributed by atoms with van der Waals surface area (Å²) in [5.74, 6) is 0. The van der Waals surface area contributed by atoms with Crippen molar-refractivity contribution in [2.45, 2.75) is 6.42 Å². The number of rotatable bonds is 7. The summed E-state index contributed by atoms with van der Waals surface area (Å²) in [5, 5.41) is 1.13. The first-order valence-corrected chi connectivity index (χ1v) is 7.81. The molecule has 3 rings (SSSR count). The third-order valence-electron chi connectivity index (χ3n) is 3.87. The Morgan fingerprint density at radius 3 is 2.61 bits per heavy atom. The zero-order chi connectivity index (χ0) is 16.1. The van der Waals surface area contributed by atoms with E-state index in [4.69, 9.17) is 15.2 Å². The van der Waals surface area contributed by atoms with Crippen molar-refractivity contribution < 1.29 is 9.47 Å². The van der Waals surface area contributed by atoms with E-state index >= 15 is 0 Å². The van der Waals surface area contributed by atoms with Crippen LogP contribution in [0.1, 0.15) is 5.56 Å². The lowest BCUT2D eigenvalue weighted by Gasteiger charge is -2.05. The number of ether oxygens (including phenoxy) is 2. The monoisotopic (exact) mass is 310 g/mol. The number of benzene rings is 2. The molecule has 0 spiro atoms. The number of hydrogen-bond acceptors (Lipinski definition) is 3. The third kappa shape index (κ3) is 3.73. The van der Waals surface area contributed by atoms with E-state index in [1.807, 2.05) is 24.3 Å². The molecular weight excluding hydrogens is 288 g/mol. The molecule has 0 amide bonds. The molecule has 0 bridgehead atoms. The number of nitrogen functional groups attached to an aromatic ring is 1. The van der Waals surface area contributed by atoms with Crippen LogP contribution in [0.3, 0.4) is 0 Å². The maximum atomic E-state index is 6.21. The Labute approximate surface area is 136 Å². The minimum atomic E-state index is 0.622. The van der Waals surface area contributed by atoms with Crippen LogP contribution < -0.4 is 5.73 Å². The van der Waals surface area contributed by atoms with Crippen LogP contribution >= 0.6 is 0 Å². The van der Waals surface area contributed by atoms with E-state index in [9.17, 15) is 0 Å². The maximum absolute atomic E-state index is 6.21. The number of anilines is 1. The van der Waals surface area contributed by atoms with E-state index < -0.39 is 0 Å². The van der Waals surface area contributed by atoms with Crippen LogP contribution in [-0.4, -0.2) is 31.9 Å². The first kappa shape index (κ1) is 15.6. The number of aromatic amines is 1. The van der Waals surface area contributed by atoms with Gasteiger partial charge in [-0.05, 0) is 35.7 Å². The summed E-state index contributed by atoms with van der Waals surface area (Å²) in [6.07, 6.45) is 0.843. The van der Waals surface area contributed by atoms with Crippen LogP contribution in [-0.2, 0) is 15.9 Å². The van der Waals surface area contributed by atoms with Crippen molar-refractivity contribution in [3.8, 4) is 11.3 Å². The Bertz CT molecular complexity index is 766. The largest absolute Gasteiger partial charge is 0.397 e. The third-order valence-corrected chi connectivity index (χ3v) is 3.87. The molecule has 0 fully saturated rings. The molecule has 3 N–H and O–H groups in total. The molecule has 0 unspecified atom stereocenters. The molecule has 0 aliphatic carbocycles. The van der Waals surface area contributed by atoms with Crippen LogP contribution in [0.4, 0.5) is 5.69 Å². The summed E-state index contributed by atoms with van der Waals surface area (Å²) in [7, 11) is 1.67. The van der Waals surface area contributed by atoms with Crippen LogP contribution in [0.5, 0.6) is 0 Å². The lowest BCUT2D eigenvalue weighted by Crippen LogP contribution is -2.05. The number of methoxy groups -OCH3 is 1. The Morgan fingerprint density at radius 1 is 1.00 bits per heavy atom. The Balaban J connectivity index is 1.78. The molecule has 1 heterocycles. The summed E-state index contributed by atoms with van der Waals surface area (Å²) in [6.45, 7) is 1.92. The minimum Gasteiger partial charge on any atom is -0.397 e. The number of fused-ring (bicyclic) bond motifs is 1. The Hall–Kier alpha value is -2.30. The van der Waals surface area contributed by atoms with Crippen LogP contribution in [0.15, 0.2) is 48.5 Å². The number of aromatic nitrogens is 1. The van der Waals surface area contributed by atoms with Crippen LogP contribution in [0.2, 0.25) is 0 Å². The normalized spacial score (nSPS) is 11.2. The average molecular weight is 310 g/mol. The number of nitrogens with one attached hydrogen (secondary N) is 1. The van der Waals surface area contributed by atoms with Gasteiger partial charge in [-0.25, -0.2) is 0 Å². The molecule has 4 nitrogen and oxygen atoms in total. The van der Waals surface area contributed by atoms with Gasteiger partial charge in [0.1, 0.15) is 0 Å². The Morgan fingerprint density at radius 2 is 1.83 bits per heavy atom. The van der Waals surface area contributed by atoms with Crippen molar-refractivity contribution in [2.24, 2.45) is 0 Å². The van der Waals surface area contributed by atoms with Gasteiger partial charge in [0.15, 0.2) is 0 Å². The number of nitrogens with two attached hydrogens (primary N) is 1. The van der Waals surface area contributed by atoms with Gasteiger partial charge in [0.05, 0.1) is 31.0 Å². The quantitative estimate of drug-likeness (QED) is 0.517.